The van der Waals surface area contributed by atoms with Gasteiger partial charge in [-0.05, 0) is 36.1 Å². The molecule has 1 saturated carbocycles. The second-order valence-electron chi connectivity index (χ2n) is 7.44. The smallest absolute Gasteiger partial charge is 0.369 e. The minimum absolute atomic E-state index is 0.00976. The molecule has 3 aromatic heterocycles. The fourth-order valence-electron chi connectivity index (χ4n) is 3.57. The number of rotatable bonds is 4. The third-order valence-electron chi connectivity index (χ3n) is 5.30. The summed E-state index contributed by atoms with van der Waals surface area (Å²) in [5.74, 6) is -0.312. The van der Waals surface area contributed by atoms with E-state index in [9.17, 15) is 18.0 Å². The van der Waals surface area contributed by atoms with Crippen molar-refractivity contribution in [3.8, 4) is 23.0 Å². The molecule has 164 valence electrons. The number of amides is 1. The SMILES string of the molecule is NC(=O)C1CC1c1ccc(-c2noc(-c3cn4cc(C(F)(F)F)cc(Cl)c4n3)n2)c(Cl)c1. The van der Waals surface area contributed by atoms with Gasteiger partial charge < -0.3 is 14.7 Å². The maximum absolute atomic E-state index is 13.0. The molecule has 0 aliphatic heterocycles. The van der Waals surface area contributed by atoms with Crippen LogP contribution in [-0.2, 0) is 11.0 Å². The van der Waals surface area contributed by atoms with Crippen LogP contribution < -0.4 is 5.73 Å². The third-order valence-corrected chi connectivity index (χ3v) is 5.89. The highest BCUT2D eigenvalue weighted by Gasteiger charge is 2.42. The van der Waals surface area contributed by atoms with E-state index < -0.39 is 11.7 Å². The first-order chi connectivity index (χ1) is 15.1. The van der Waals surface area contributed by atoms with Gasteiger partial charge in [-0.1, -0.05) is 34.4 Å². The highest BCUT2D eigenvalue weighted by Crippen LogP contribution is 2.48. The Bertz CT molecular complexity index is 1380. The molecule has 5 rings (SSSR count). The van der Waals surface area contributed by atoms with Crippen molar-refractivity contribution in [3.63, 3.8) is 0 Å². The van der Waals surface area contributed by atoms with Gasteiger partial charge in [-0.2, -0.15) is 18.2 Å². The predicted molar refractivity (Wildman–Crippen MR) is 109 cm³/mol. The molecule has 0 bridgehead atoms. The molecule has 1 aromatic carbocycles. The number of pyridine rings is 1. The van der Waals surface area contributed by atoms with E-state index in [0.29, 0.717) is 17.0 Å². The summed E-state index contributed by atoms with van der Waals surface area (Å²) in [6.07, 6.45) is -1.68. The van der Waals surface area contributed by atoms with E-state index in [-0.39, 0.29) is 45.8 Å². The molecule has 7 nitrogen and oxygen atoms in total. The maximum Gasteiger partial charge on any atom is 0.417 e. The average molecular weight is 482 g/mol. The van der Waals surface area contributed by atoms with Crippen LogP contribution in [0.2, 0.25) is 10.0 Å². The van der Waals surface area contributed by atoms with E-state index in [1.807, 2.05) is 6.07 Å². The fourth-order valence-corrected chi connectivity index (χ4v) is 4.10. The quantitative estimate of drug-likeness (QED) is 0.443. The van der Waals surface area contributed by atoms with Crippen LogP contribution in [0.15, 0.2) is 41.2 Å². The highest BCUT2D eigenvalue weighted by atomic mass is 35.5. The third kappa shape index (κ3) is 3.59. The standard InChI is InChI=1S/C20H12Cl2F3N5O2/c21-13-3-8(11-5-12(11)16(26)31)1-2-10(13)17-28-19(32-29-17)15-7-30-6-9(20(23,24)25)4-14(22)18(30)27-15/h1-4,6-7,11-12H,5H2,(H2,26,31). The number of carbonyl (C=O) groups excluding carboxylic acids is 1. The molecule has 12 heteroatoms. The van der Waals surface area contributed by atoms with Crippen LogP contribution in [-0.4, -0.2) is 25.4 Å². The maximum atomic E-state index is 13.0. The van der Waals surface area contributed by atoms with Crippen LogP contribution >= 0.6 is 23.2 Å². The zero-order chi connectivity index (χ0) is 22.8. The Balaban J connectivity index is 1.46. The van der Waals surface area contributed by atoms with Crippen molar-refractivity contribution in [3.05, 3.63) is 57.8 Å². The van der Waals surface area contributed by atoms with Gasteiger partial charge in [0.1, 0.15) is 5.69 Å². The number of alkyl halides is 3. The first kappa shape index (κ1) is 20.8. The van der Waals surface area contributed by atoms with Crippen LogP contribution in [0.1, 0.15) is 23.5 Å². The van der Waals surface area contributed by atoms with Crippen molar-refractivity contribution in [1.82, 2.24) is 19.5 Å². The van der Waals surface area contributed by atoms with Crippen LogP contribution in [0.5, 0.6) is 0 Å². The van der Waals surface area contributed by atoms with E-state index >= 15 is 0 Å². The Labute approximate surface area is 187 Å². The fraction of sp³-hybridized carbons (Fsp3) is 0.200. The number of aromatic nitrogens is 4. The molecule has 1 fully saturated rings. The zero-order valence-corrected chi connectivity index (χ0v) is 17.4. The summed E-state index contributed by atoms with van der Waals surface area (Å²) >= 11 is 12.4. The van der Waals surface area contributed by atoms with E-state index in [2.05, 4.69) is 15.1 Å². The molecule has 3 heterocycles. The van der Waals surface area contributed by atoms with Gasteiger partial charge in [0.2, 0.25) is 11.7 Å². The van der Waals surface area contributed by atoms with Crippen LogP contribution in [0, 0.1) is 5.92 Å². The lowest BCUT2D eigenvalue weighted by Crippen LogP contribution is -2.13. The Morgan fingerprint density at radius 2 is 1.94 bits per heavy atom. The van der Waals surface area contributed by atoms with E-state index in [1.54, 1.807) is 12.1 Å². The number of primary amides is 1. The lowest BCUT2D eigenvalue weighted by Gasteiger charge is -2.07. The molecule has 1 aliphatic carbocycles. The van der Waals surface area contributed by atoms with Gasteiger partial charge in [-0.15, -0.1) is 0 Å². The van der Waals surface area contributed by atoms with Crippen molar-refractivity contribution in [2.45, 2.75) is 18.5 Å². The number of nitrogens with zero attached hydrogens (tertiary/aromatic N) is 4. The monoisotopic (exact) mass is 481 g/mol. The second-order valence-corrected chi connectivity index (χ2v) is 8.26. The Kier molecular flexibility index (Phi) is 4.68. The molecule has 4 aromatic rings. The van der Waals surface area contributed by atoms with E-state index in [1.165, 1.54) is 6.20 Å². The van der Waals surface area contributed by atoms with Gasteiger partial charge in [-0.3, -0.25) is 4.79 Å². The largest absolute Gasteiger partial charge is 0.417 e. The van der Waals surface area contributed by atoms with Crippen LogP contribution in [0.4, 0.5) is 13.2 Å². The summed E-state index contributed by atoms with van der Waals surface area (Å²) < 4.78 is 45.5. The number of hydrogen-bond donors (Lipinski definition) is 1. The number of hydrogen-bond acceptors (Lipinski definition) is 5. The molecule has 2 N–H and O–H groups in total. The number of imidazole rings is 1. The van der Waals surface area contributed by atoms with Crippen molar-refractivity contribution < 1.29 is 22.5 Å². The van der Waals surface area contributed by atoms with Gasteiger partial charge >= 0.3 is 6.18 Å². The Hall–Kier alpha value is -3.11. The van der Waals surface area contributed by atoms with E-state index in [4.69, 9.17) is 33.5 Å². The van der Waals surface area contributed by atoms with Gasteiger partial charge in [0.15, 0.2) is 5.65 Å². The molecule has 2 atom stereocenters. The summed E-state index contributed by atoms with van der Waals surface area (Å²) in [6.45, 7) is 0. The molecule has 1 aliphatic rings. The topological polar surface area (TPSA) is 99.3 Å². The van der Waals surface area contributed by atoms with E-state index in [0.717, 1.165) is 22.2 Å². The zero-order valence-electron chi connectivity index (χ0n) is 15.9. The second kappa shape index (κ2) is 7.21. The molecule has 2 unspecified atom stereocenters. The predicted octanol–water partition coefficient (Wildman–Crippen LogP) is 4.97. The summed E-state index contributed by atoms with van der Waals surface area (Å²) in [6, 6.07) is 6.05. The first-order valence-electron chi connectivity index (χ1n) is 9.30. The highest BCUT2D eigenvalue weighted by molar-refractivity contribution is 6.33. The van der Waals surface area contributed by atoms with Crippen LogP contribution in [0.25, 0.3) is 28.6 Å². The number of nitrogens with two attached hydrogens (primary N) is 1. The Morgan fingerprint density at radius 3 is 2.59 bits per heavy atom. The molecule has 32 heavy (non-hydrogen) atoms. The van der Waals surface area contributed by atoms with Crippen molar-refractivity contribution in [1.29, 1.82) is 0 Å². The minimum atomic E-state index is -4.55. The lowest BCUT2D eigenvalue weighted by molar-refractivity contribution is -0.137. The van der Waals surface area contributed by atoms with Gasteiger partial charge in [0.25, 0.3) is 5.89 Å². The summed E-state index contributed by atoms with van der Waals surface area (Å²) in [5, 5.41) is 4.09. The summed E-state index contributed by atoms with van der Waals surface area (Å²) in [7, 11) is 0. The number of benzene rings is 1. The van der Waals surface area contributed by atoms with Crippen molar-refractivity contribution in [2.24, 2.45) is 11.7 Å². The first-order valence-corrected chi connectivity index (χ1v) is 10.1. The molecule has 1 amide bonds. The number of halogens is 5. The molecular weight excluding hydrogens is 470 g/mol. The normalized spacial score (nSPS) is 18.3. The van der Waals surface area contributed by atoms with Gasteiger partial charge in [-0.25, -0.2) is 4.98 Å². The van der Waals surface area contributed by atoms with Gasteiger partial charge in [0, 0.05) is 23.9 Å². The van der Waals surface area contributed by atoms with Gasteiger partial charge in [0.05, 0.1) is 15.6 Å². The number of fused-ring (bicyclic) bond motifs is 1. The molecule has 0 radical (unpaired) electrons. The van der Waals surface area contributed by atoms with Crippen LogP contribution in [0.3, 0.4) is 0 Å². The van der Waals surface area contributed by atoms with Crippen molar-refractivity contribution in [2.75, 3.05) is 0 Å². The van der Waals surface area contributed by atoms with Crippen molar-refractivity contribution >= 4 is 34.8 Å². The summed E-state index contributed by atoms with van der Waals surface area (Å²) in [4.78, 5) is 19.8. The number of carbonyl (C=O) groups is 1. The average Bonchev–Trinajstić information content (AvgIpc) is 3.17. The Morgan fingerprint density at radius 1 is 1.16 bits per heavy atom. The molecule has 0 spiro atoms. The molecule has 0 saturated heterocycles. The lowest BCUT2D eigenvalue weighted by atomic mass is 10.1. The molecular formula is C20H12Cl2F3N5O2. The summed E-state index contributed by atoms with van der Waals surface area (Å²) in [5.41, 5.74) is 6.07. The minimum Gasteiger partial charge on any atom is -0.369 e.